The molecule has 0 aliphatic carbocycles. The van der Waals surface area contributed by atoms with Crippen LogP contribution >= 0.6 is 0 Å². The highest BCUT2D eigenvalue weighted by Gasteiger charge is 2.24. The van der Waals surface area contributed by atoms with Crippen LogP contribution in [0.15, 0.2) is 42.7 Å². The second-order valence-corrected chi connectivity index (χ2v) is 4.97. The highest BCUT2D eigenvalue weighted by molar-refractivity contribution is 5.98. The Labute approximate surface area is 115 Å². The summed E-state index contributed by atoms with van der Waals surface area (Å²) in [6.07, 6.45) is 3.55. The Morgan fingerprint density at radius 3 is 3.05 bits per heavy atom. The molecule has 1 aliphatic heterocycles. The third-order valence-electron chi connectivity index (χ3n) is 3.66. The van der Waals surface area contributed by atoms with Gasteiger partial charge < -0.3 is 4.90 Å². The smallest absolute Gasteiger partial charge is 0.254 e. The zero-order valence-electron chi connectivity index (χ0n) is 10.9. The summed E-state index contributed by atoms with van der Waals surface area (Å²) in [7, 11) is 1.82. The first-order valence-corrected chi connectivity index (χ1v) is 6.41. The van der Waals surface area contributed by atoms with Gasteiger partial charge in [-0.05, 0) is 29.8 Å². The lowest BCUT2D eigenvalue weighted by Crippen LogP contribution is -2.17. The summed E-state index contributed by atoms with van der Waals surface area (Å²) in [5.74, 6) is 0.0859. The van der Waals surface area contributed by atoms with E-state index in [1.165, 1.54) is 0 Å². The van der Waals surface area contributed by atoms with Crippen molar-refractivity contribution in [2.75, 3.05) is 7.05 Å². The fourth-order valence-corrected chi connectivity index (χ4v) is 2.65. The summed E-state index contributed by atoms with van der Waals surface area (Å²) in [4.78, 5) is 18.0. The summed E-state index contributed by atoms with van der Waals surface area (Å²) in [5.41, 5.74) is 4.62. The zero-order valence-corrected chi connectivity index (χ0v) is 10.9. The molecule has 0 unspecified atom stereocenters. The van der Waals surface area contributed by atoms with E-state index in [0.29, 0.717) is 6.54 Å². The third-order valence-corrected chi connectivity index (χ3v) is 3.66. The number of carbonyl (C=O) groups excluding carboxylic acids is 1. The fourth-order valence-electron chi connectivity index (χ4n) is 2.65. The molecule has 0 saturated heterocycles. The van der Waals surface area contributed by atoms with Gasteiger partial charge in [0.2, 0.25) is 0 Å². The molecule has 98 valence electrons. The molecular formula is C15H12N4O. The Hall–Kier alpha value is -2.69. The Balaban J connectivity index is 1.88. The van der Waals surface area contributed by atoms with Crippen LogP contribution < -0.4 is 0 Å². The molecule has 0 saturated carbocycles. The molecule has 20 heavy (non-hydrogen) atoms. The molecule has 3 aromatic rings. The highest BCUT2D eigenvalue weighted by Crippen LogP contribution is 2.27. The van der Waals surface area contributed by atoms with Crippen LogP contribution in [0.1, 0.15) is 15.9 Å². The summed E-state index contributed by atoms with van der Waals surface area (Å²) in [6.45, 7) is 0.659. The summed E-state index contributed by atoms with van der Waals surface area (Å²) >= 11 is 0. The zero-order chi connectivity index (χ0) is 13.7. The van der Waals surface area contributed by atoms with E-state index in [0.717, 1.165) is 28.0 Å². The van der Waals surface area contributed by atoms with Gasteiger partial charge in [-0.2, -0.15) is 5.10 Å². The van der Waals surface area contributed by atoms with Crippen molar-refractivity contribution < 1.29 is 4.79 Å². The lowest BCUT2D eigenvalue weighted by Gasteiger charge is -2.04. The van der Waals surface area contributed by atoms with Gasteiger partial charge in [-0.1, -0.05) is 6.07 Å². The maximum atomic E-state index is 11.9. The lowest BCUT2D eigenvalue weighted by molar-refractivity contribution is 0.0816. The predicted molar refractivity (Wildman–Crippen MR) is 74.2 cm³/mol. The van der Waals surface area contributed by atoms with Crippen molar-refractivity contribution in [3.8, 4) is 11.3 Å². The molecule has 0 bridgehead atoms. The molecule has 1 aromatic carbocycles. The SMILES string of the molecule is CN1Cc2cc(-c3cnc4cccnn34)ccc2C1=O. The highest BCUT2D eigenvalue weighted by atomic mass is 16.2. The molecular weight excluding hydrogens is 252 g/mol. The number of hydrogen-bond donors (Lipinski definition) is 0. The molecule has 0 spiro atoms. The average Bonchev–Trinajstić information content (AvgIpc) is 3.01. The van der Waals surface area contributed by atoms with E-state index < -0.39 is 0 Å². The summed E-state index contributed by atoms with van der Waals surface area (Å²) in [5, 5.41) is 4.32. The van der Waals surface area contributed by atoms with E-state index in [-0.39, 0.29) is 5.91 Å². The number of hydrogen-bond acceptors (Lipinski definition) is 3. The Kier molecular flexibility index (Phi) is 2.18. The second kappa shape index (κ2) is 3.90. The lowest BCUT2D eigenvalue weighted by atomic mass is 10.0. The van der Waals surface area contributed by atoms with E-state index >= 15 is 0 Å². The fraction of sp³-hybridized carbons (Fsp3) is 0.133. The van der Waals surface area contributed by atoms with Gasteiger partial charge in [0.25, 0.3) is 5.91 Å². The molecule has 0 N–H and O–H groups in total. The van der Waals surface area contributed by atoms with Gasteiger partial charge in [-0.15, -0.1) is 0 Å². The number of fused-ring (bicyclic) bond motifs is 2. The van der Waals surface area contributed by atoms with Gasteiger partial charge in [-0.3, -0.25) is 4.79 Å². The summed E-state index contributed by atoms with van der Waals surface area (Å²) < 4.78 is 1.81. The van der Waals surface area contributed by atoms with E-state index in [2.05, 4.69) is 16.1 Å². The number of imidazole rings is 1. The normalized spacial score (nSPS) is 14.1. The van der Waals surface area contributed by atoms with Crippen molar-refractivity contribution in [2.45, 2.75) is 6.54 Å². The molecule has 5 nitrogen and oxygen atoms in total. The van der Waals surface area contributed by atoms with Crippen LogP contribution in [0.5, 0.6) is 0 Å². The van der Waals surface area contributed by atoms with Gasteiger partial charge in [0.05, 0.1) is 11.9 Å². The maximum Gasteiger partial charge on any atom is 0.254 e. The monoisotopic (exact) mass is 264 g/mol. The first kappa shape index (κ1) is 11.2. The van der Waals surface area contributed by atoms with E-state index in [4.69, 9.17) is 0 Å². The van der Waals surface area contributed by atoms with Crippen LogP contribution in [-0.2, 0) is 6.54 Å². The van der Waals surface area contributed by atoms with Gasteiger partial charge >= 0.3 is 0 Å². The maximum absolute atomic E-state index is 11.9. The van der Waals surface area contributed by atoms with Crippen molar-refractivity contribution in [1.29, 1.82) is 0 Å². The van der Waals surface area contributed by atoms with E-state index in [1.54, 1.807) is 11.1 Å². The molecule has 4 rings (SSSR count). The molecule has 0 radical (unpaired) electrons. The van der Waals surface area contributed by atoms with Crippen LogP contribution in [0.4, 0.5) is 0 Å². The van der Waals surface area contributed by atoms with E-state index in [9.17, 15) is 4.79 Å². The van der Waals surface area contributed by atoms with Crippen molar-refractivity contribution in [1.82, 2.24) is 19.5 Å². The molecule has 3 heterocycles. The van der Waals surface area contributed by atoms with Crippen molar-refractivity contribution in [2.24, 2.45) is 0 Å². The second-order valence-electron chi connectivity index (χ2n) is 4.97. The number of benzene rings is 1. The molecule has 0 fully saturated rings. The van der Waals surface area contributed by atoms with Gasteiger partial charge in [0, 0.05) is 30.9 Å². The standard InChI is InChI=1S/C15H12N4O/c1-18-9-11-7-10(4-5-12(11)15(18)20)13-8-16-14-3-2-6-17-19(13)14/h2-8H,9H2,1H3. The van der Waals surface area contributed by atoms with E-state index in [1.807, 2.05) is 42.0 Å². The van der Waals surface area contributed by atoms with Gasteiger partial charge in [0.1, 0.15) is 0 Å². The van der Waals surface area contributed by atoms with Crippen molar-refractivity contribution >= 4 is 11.6 Å². The number of carbonyl (C=O) groups is 1. The van der Waals surface area contributed by atoms with Crippen LogP contribution in [0.3, 0.4) is 0 Å². The molecule has 5 heteroatoms. The predicted octanol–water partition coefficient (Wildman–Crippen LogP) is 1.98. The minimum Gasteiger partial charge on any atom is -0.337 e. The summed E-state index contributed by atoms with van der Waals surface area (Å²) in [6, 6.07) is 9.67. The number of rotatable bonds is 1. The first-order chi connectivity index (χ1) is 9.74. The Morgan fingerprint density at radius 2 is 2.15 bits per heavy atom. The first-order valence-electron chi connectivity index (χ1n) is 6.41. The number of amides is 1. The van der Waals surface area contributed by atoms with Crippen LogP contribution in [-0.4, -0.2) is 32.5 Å². The molecule has 1 amide bonds. The van der Waals surface area contributed by atoms with Crippen molar-refractivity contribution in [3.05, 3.63) is 53.9 Å². The Morgan fingerprint density at radius 1 is 1.25 bits per heavy atom. The quantitative estimate of drug-likeness (QED) is 0.675. The van der Waals surface area contributed by atoms with Gasteiger partial charge in [0.15, 0.2) is 5.65 Å². The van der Waals surface area contributed by atoms with Gasteiger partial charge in [-0.25, -0.2) is 9.50 Å². The molecule has 1 aliphatic rings. The van der Waals surface area contributed by atoms with Crippen LogP contribution in [0.25, 0.3) is 16.9 Å². The number of aromatic nitrogens is 3. The topological polar surface area (TPSA) is 50.5 Å². The third kappa shape index (κ3) is 1.46. The van der Waals surface area contributed by atoms with Crippen LogP contribution in [0.2, 0.25) is 0 Å². The Bertz CT molecular complexity index is 837. The van der Waals surface area contributed by atoms with Crippen LogP contribution in [0, 0.1) is 0 Å². The average molecular weight is 264 g/mol. The minimum atomic E-state index is 0.0859. The van der Waals surface area contributed by atoms with Crippen molar-refractivity contribution in [3.63, 3.8) is 0 Å². The molecule has 2 aromatic heterocycles. The number of nitrogens with zero attached hydrogens (tertiary/aromatic N) is 4. The largest absolute Gasteiger partial charge is 0.337 e. The minimum absolute atomic E-state index is 0.0859. The molecule has 0 atom stereocenters.